The van der Waals surface area contributed by atoms with Gasteiger partial charge in [-0.1, -0.05) is 0 Å². The number of nitrogens with two attached hydrogens (primary N) is 2. The predicted molar refractivity (Wildman–Crippen MR) is 41.6 cm³/mol. The molecular formula is C6H9N5. The molecule has 2 heterocycles. The van der Waals surface area contributed by atoms with E-state index >= 15 is 0 Å². The van der Waals surface area contributed by atoms with Gasteiger partial charge in [-0.3, -0.25) is 5.01 Å². The molecule has 0 amide bonds. The van der Waals surface area contributed by atoms with E-state index in [-0.39, 0.29) is 0 Å². The molecule has 2 rings (SSSR count). The summed E-state index contributed by atoms with van der Waals surface area (Å²) < 4.78 is 0. The standard InChI is InChI=1S/C6H9N5/c7-6-4-10-5(3-9-6)1-2-11(10)8/h1,3-4H,2,7-8H2. The van der Waals surface area contributed by atoms with Crippen molar-refractivity contribution in [2.75, 3.05) is 6.54 Å². The summed E-state index contributed by atoms with van der Waals surface area (Å²) in [5.41, 5.74) is 6.44. The summed E-state index contributed by atoms with van der Waals surface area (Å²) in [4.78, 5) is 3.93. The van der Waals surface area contributed by atoms with Crippen molar-refractivity contribution in [3.63, 3.8) is 0 Å². The fraction of sp³-hybridized carbons (Fsp3) is 0.167. The van der Waals surface area contributed by atoms with E-state index in [9.17, 15) is 0 Å². The van der Waals surface area contributed by atoms with Crippen LogP contribution in [-0.4, -0.2) is 22.9 Å². The second kappa shape index (κ2) is 2.08. The molecule has 0 saturated carbocycles. The number of aliphatic imine (C=N–C) groups is 1. The molecule has 4 N–H and O–H groups in total. The van der Waals surface area contributed by atoms with Gasteiger partial charge in [0.05, 0.1) is 24.7 Å². The highest BCUT2D eigenvalue weighted by Gasteiger charge is 2.20. The van der Waals surface area contributed by atoms with E-state index < -0.39 is 0 Å². The van der Waals surface area contributed by atoms with E-state index in [0.29, 0.717) is 12.4 Å². The highest BCUT2D eigenvalue weighted by molar-refractivity contribution is 5.80. The van der Waals surface area contributed by atoms with E-state index in [1.165, 1.54) is 0 Å². The SMILES string of the molecule is NC1=CN2C(=CCN2N)C=N1. The number of fused-ring (bicyclic) bond motifs is 1. The molecule has 11 heavy (non-hydrogen) atoms. The normalized spacial score (nSPS) is 23.2. The fourth-order valence-corrected chi connectivity index (χ4v) is 1.08. The Morgan fingerprint density at radius 3 is 3.18 bits per heavy atom. The number of hydrazine groups is 2. The molecule has 0 fully saturated rings. The third-order valence-electron chi connectivity index (χ3n) is 1.63. The first-order chi connectivity index (χ1) is 5.27. The molecule has 0 aromatic rings. The van der Waals surface area contributed by atoms with Crippen molar-refractivity contribution in [1.82, 2.24) is 10.1 Å². The van der Waals surface area contributed by atoms with Gasteiger partial charge in [0.25, 0.3) is 0 Å². The van der Waals surface area contributed by atoms with Crippen molar-refractivity contribution in [2.24, 2.45) is 16.6 Å². The molecule has 5 nitrogen and oxygen atoms in total. The van der Waals surface area contributed by atoms with E-state index in [2.05, 4.69) is 4.99 Å². The molecule has 0 unspecified atom stereocenters. The summed E-state index contributed by atoms with van der Waals surface area (Å²) in [6.07, 6.45) is 5.37. The van der Waals surface area contributed by atoms with Gasteiger partial charge < -0.3 is 5.73 Å². The zero-order chi connectivity index (χ0) is 7.84. The van der Waals surface area contributed by atoms with Gasteiger partial charge in [0.15, 0.2) is 0 Å². The summed E-state index contributed by atoms with van der Waals surface area (Å²) in [6, 6.07) is 0. The lowest BCUT2D eigenvalue weighted by Gasteiger charge is -2.25. The highest BCUT2D eigenvalue weighted by Crippen LogP contribution is 2.16. The first kappa shape index (κ1) is 6.38. The highest BCUT2D eigenvalue weighted by atomic mass is 15.8. The summed E-state index contributed by atoms with van der Waals surface area (Å²) in [5.74, 6) is 6.07. The lowest BCUT2D eigenvalue weighted by Crippen LogP contribution is -2.40. The van der Waals surface area contributed by atoms with Crippen LogP contribution < -0.4 is 11.6 Å². The fourth-order valence-electron chi connectivity index (χ4n) is 1.08. The Hall–Kier alpha value is -1.33. The minimum Gasteiger partial charge on any atom is -0.382 e. The topological polar surface area (TPSA) is 70.9 Å². The molecule has 2 aliphatic heterocycles. The van der Waals surface area contributed by atoms with Crippen LogP contribution in [0, 0.1) is 0 Å². The van der Waals surface area contributed by atoms with Crippen molar-refractivity contribution >= 4 is 6.21 Å². The Balaban J connectivity index is 2.32. The first-order valence-electron chi connectivity index (χ1n) is 3.30. The van der Waals surface area contributed by atoms with Crippen LogP contribution in [0.15, 0.2) is 28.8 Å². The van der Waals surface area contributed by atoms with Crippen molar-refractivity contribution in [1.29, 1.82) is 0 Å². The minimum atomic E-state index is 0.472. The Labute approximate surface area is 64.2 Å². The maximum atomic E-state index is 5.60. The molecule has 0 aliphatic carbocycles. The average Bonchev–Trinajstić information content (AvgIpc) is 2.33. The van der Waals surface area contributed by atoms with Crippen LogP contribution in [0.5, 0.6) is 0 Å². The van der Waals surface area contributed by atoms with Crippen LogP contribution in [0.4, 0.5) is 0 Å². The number of allylic oxidation sites excluding steroid dienone is 1. The van der Waals surface area contributed by atoms with Crippen LogP contribution in [0.2, 0.25) is 0 Å². The summed E-state index contributed by atoms with van der Waals surface area (Å²) in [5, 5.41) is 3.33. The Morgan fingerprint density at radius 1 is 1.55 bits per heavy atom. The zero-order valence-electron chi connectivity index (χ0n) is 5.94. The average molecular weight is 151 g/mol. The molecule has 0 saturated heterocycles. The molecule has 0 atom stereocenters. The Morgan fingerprint density at radius 2 is 2.36 bits per heavy atom. The van der Waals surface area contributed by atoms with Crippen LogP contribution in [0.1, 0.15) is 0 Å². The van der Waals surface area contributed by atoms with Crippen molar-refractivity contribution in [2.45, 2.75) is 0 Å². The number of nitrogens with zero attached hydrogens (tertiary/aromatic N) is 3. The van der Waals surface area contributed by atoms with Gasteiger partial charge in [-0.25, -0.2) is 10.8 Å². The zero-order valence-corrected chi connectivity index (χ0v) is 5.94. The molecule has 5 heteroatoms. The first-order valence-corrected chi connectivity index (χ1v) is 3.30. The summed E-state index contributed by atoms with van der Waals surface area (Å²) >= 11 is 0. The van der Waals surface area contributed by atoms with Gasteiger partial charge in [0.1, 0.15) is 5.82 Å². The number of hydrogen-bond acceptors (Lipinski definition) is 5. The molecule has 0 spiro atoms. The smallest absolute Gasteiger partial charge is 0.141 e. The van der Waals surface area contributed by atoms with Crippen LogP contribution in [0.3, 0.4) is 0 Å². The van der Waals surface area contributed by atoms with E-state index in [0.717, 1.165) is 5.70 Å². The molecule has 0 aromatic carbocycles. The quantitative estimate of drug-likeness (QED) is 0.441. The molecule has 2 aliphatic rings. The third kappa shape index (κ3) is 0.903. The third-order valence-corrected chi connectivity index (χ3v) is 1.63. The van der Waals surface area contributed by atoms with Gasteiger partial charge in [0.2, 0.25) is 0 Å². The molecule has 0 aromatic heterocycles. The summed E-state index contributed by atoms with van der Waals surface area (Å²) in [6.45, 7) is 0.700. The molecule has 58 valence electrons. The van der Waals surface area contributed by atoms with Gasteiger partial charge >= 0.3 is 0 Å². The predicted octanol–water partition coefficient (Wildman–Crippen LogP) is -0.881. The second-order valence-corrected chi connectivity index (χ2v) is 2.41. The van der Waals surface area contributed by atoms with E-state index in [1.807, 2.05) is 6.08 Å². The Bertz CT molecular complexity index is 264. The van der Waals surface area contributed by atoms with Crippen molar-refractivity contribution in [3.05, 3.63) is 23.8 Å². The monoisotopic (exact) mass is 151 g/mol. The molecule has 0 radical (unpaired) electrons. The number of hydrogen-bond donors (Lipinski definition) is 2. The van der Waals surface area contributed by atoms with Crippen LogP contribution in [-0.2, 0) is 0 Å². The van der Waals surface area contributed by atoms with Crippen LogP contribution >= 0.6 is 0 Å². The van der Waals surface area contributed by atoms with Gasteiger partial charge in [-0.05, 0) is 6.08 Å². The van der Waals surface area contributed by atoms with Gasteiger partial charge in [-0.15, -0.1) is 0 Å². The second-order valence-electron chi connectivity index (χ2n) is 2.41. The van der Waals surface area contributed by atoms with E-state index in [4.69, 9.17) is 11.6 Å². The van der Waals surface area contributed by atoms with Gasteiger partial charge in [-0.2, -0.15) is 5.12 Å². The van der Waals surface area contributed by atoms with E-state index in [1.54, 1.807) is 22.5 Å². The number of rotatable bonds is 0. The summed E-state index contributed by atoms with van der Waals surface area (Å²) in [7, 11) is 0. The maximum Gasteiger partial charge on any atom is 0.141 e. The van der Waals surface area contributed by atoms with Crippen LogP contribution in [0.25, 0.3) is 0 Å². The largest absolute Gasteiger partial charge is 0.382 e. The molecule has 0 bridgehead atoms. The lowest BCUT2D eigenvalue weighted by molar-refractivity contribution is 0.0962. The van der Waals surface area contributed by atoms with Crippen molar-refractivity contribution in [3.8, 4) is 0 Å². The maximum absolute atomic E-state index is 5.60. The minimum absolute atomic E-state index is 0.472. The lowest BCUT2D eigenvalue weighted by atomic mass is 10.4. The van der Waals surface area contributed by atoms with Gasteiger partial charge in [0, 0.05) is 0 Å². The Kier molecular flexibility index (Phi) is 1.21. The van der Waals surface area contributed by atoms with Crippen molar-refractivity contribution < 1.29 is 0 Å². The molecular weight excluding hydrogens is 142 g/mol.